The Balaban J connectivity index is 1.58. The lowest BCUT2D eigenvalue weighted by atomic mass is 9.98. The Bertz CT molecular complexity index is 617. The van der Waals surface area contributed by atoms with Crippen molar-refractivity contribution in [3.8, 4) is 0 Å². The molecule has 1 aliphatic rings. The number of hydrogen-bond donors (Lipinski definition) is 0. The molecular weight excluding hydrogens is 298 g/mol. The fourth-order valence-corrected chi connectivity index (χ4v) is 3.84. The van der Waals surface area contributed by atoms with Gasteiger partial charge in [0.25, 0.3) is 0 Å². The number of aryl methyl sites for hydroxylation is 3. The van der Waals surface area contributed by atoms with Crippen molar-refractivity contribution < 1.29 is 4.79 Å². The highest BCUT2D eigenvalue weighted by Gasteiger charge is 2.26. The van der Waals surface area contributed by atoms with Crippen LogP contribution in [-0.2, 0) is 11.3 Å². The quantitative estimate of drug-likeness (QED) is 0.866. The van der Waals surface area contributed by atoms with Crippen LogP contribution in [0.15, 0.2) is 12.7 Å². The van der Waals surface area contributed by atoms with E-state index in [1.54, 1.807) is 22.3 Å². The number of carbonyl (C=O) groups is 1. The highest BCUT2D eigenvalue weighted by molar-refractivity contribution is 7.11. The van der Waals surface area contributed by atoms with E-state index in [1.807, 2.05) is 4.90 Å². The van der Waals surface area contributed by atoms with Crippen LogP contribution in [0.5, 0.6) is 0 Å². The van der Waals surface area contributed by atoms with Crippen molar-refractivity contribution in [2.45, 2.75) is 45.6 Å². The number of rotatable bonds is 4. The summed E-state index contributed by atoms with van der Waals surface area (Å²) in [7, 11) is 0. The fourth-order valence-electron chi connectivity index (χ4n) is 2.79. The first-order valence-corrected chi connectivity index (χ1v) is 8.49. The highest BCUT2D eigenvalue weighted by Crippen LogP contribution is 2.31. The zero-order chi connectivity index (χ0) is 15.5. The first-order chi connectivity index (χ1) is 10.6. The molecule has 1 atom stereocenters. The maximum Gasteiger partial charge on any atom is 0.224 e. The molecule has 0 saturated carbocycles. The summed E-state index contributed by atoms with van der Waals surface area (Å²) in [5.41, 5.74) is 1.12. The predicted octanol–water partition coefficient (Wildman–Crippen LogP) is 2.15. The van der Waals surface area contributed by atoms with E-state index in [4.69, 9.17) is 0 Å². The second-order valence-corrected chi connectivity index (χ2v) is 7.02. The topological polar surface area (TPSA) is 63.9 Å². The molecule has 0 unspecified atom stereocenters. The maximum atomic E-state index is 12.4. The molecule has 1 fully saturated rings. The molecule has 0 bridgehead atoms. The summed E-state index contributed by atoms with van der Waals surface area (Å²) in [6.45, 7) is 6.41. The van der Waals surface area contributed by atoms with Gasteiger partial charge in [-0.2, -0.15) is 5.10 Å². The molecule has 2 aromatic rings. The lowest BCUT2D eigenvalue weighted by Crippen LogP contribution is -2.39. The summed E-state index contributed by atoms with van der Waals surface area (Å²) in [4.78, 5) is 24.2. The molecule has 118 valence electrons. The third-order valence-electron chi connectivity index (χ3n) is 4.19. The Kier molecular flexibility index (Phi) is 4.52. The average molecular weight is 319 g/mol. The van der Waals surface area contributed by atoms with Gasteiger partial charge in [-0.3, -0.25) is 9.48 Å². The molecule has 7 heteroatoms. The monoisotopic (exact) mass is 319 g/mol. The molecule has 0 spiro atoms. The van der Waals surface area contributed by atoms with E-state index in [1.165, 1.54) is 16.2 Å². The Hall–Kier alpha value is -1.76. The molecule has 0 aliphatic carbocycles. The molecule has 3 rings (SSSR count). The van der Waals surface area contributed by atoms with Gasteiger partial charge in [-0.15, -0.1) is 11.3 Å². The van der Waals surface area contributed by atoms with E-state index in [0.717, 1.165) is 31.6 Å². The van der Waals surface area contributed by atoms with Gasteiger partial charge in [-0.1, -0.05) is 0 Å². The van der Waals surface area contributed by atoms with Crippen molar-refractivity contribution in [2.75, 3.05) is 13.1 Å². The molecule has 6 nitrogen and oxygen atoms in total. The van der Waals surface area contributed by atoms with Crippen LogP contribution in [0.2, 0.25) is 0 Å². The molecule has 1 amide bonds. The van der Waals surface area contributed by atoms with E-state index in [2.05, 4.69) is 28.9 Å². The Morgan fingerprint density at radius 1 is 1.45 bits per heavy atom. The summed E-state index contributed by atoms with van der Waals surface area (Å²) in [5, 5.41) is 5.22. The van der Waals surface area contributed by atoms with E-state index in [9.17, 15) is 4.79 Å². The lowest BCUT2D eigenvalue weighted by Gasteiger charge is -2.32. The molecule has 0 N–H and O–H groups in total. The standard InChI is InChI=1S/C15H21N5OS/c1-11-12(2)22-15(18-11)13-4-3-6-19(8-13)14(21)5-7-20-10-16-9-17-20/h9-10,13H,3-8H2,1-2H3/t13-/m1/s1. The Morgan fingerprint density at radius 3 is 3.00 bits per heavy atom. The minimum absolute atomic E-state index is 0.199. The number of aromatic nitrogens is 4. The summed E-state index contributed by atoms with van der Waals surface area (Å²) in [5.74, 6) is 0.590. The van der Waals surface area contributed by atoms with Crippen LogP contribution in [0, 0.1) is 13.8 Å². The number of nitrogens with zero attached hydrogens (tertiary/aromatic N) is 5. The van der Waals surface area contributed by atoms with E-state index in [-0.39, 0.29) is 5.91 Å². The van der Waals surface area contributed by atoms with Crippen molar-refractivity contribution in [2.24, 2.45) is 0 Å². The minimum atomic E-state index is 0.199. The normalized spacial score (nSPS) is 18.6. The SMILES string of the molecule is Cc1nc([C@@H]2CCCN(C(=O)CCn3cncn3)C2)sc1C. The summed E-state index contributed by atoms with van der Waals surface area (Å²) in [6, 6.07) is 0. The van der Waals surface area contributed by atoms with Crippen molar-refractivity contribution in [1.82, 2.24) is 24.6 Å². The molecule has 3 heterocycles. The number of hydrogen-bond acceptors (Lipinski definition) is 5. The fraction of sp³-hybridized carbons (Fsp3) is 0.600. The van der Waals surface area contributed by atoms with Gasteiger partial charge in [0.2, 0.25) is 5.91 Å². The van der Waals surface area contributed by atoms with Crippen molar-refractivity contribution in [1.29, 1.82) is 0 Å². The van der Waals surface area contributed by atoms with E-state index in [0.29, 0.717) is 18.9 Å². The van der Waals surface area contributed by atoms with Gasteiger partial charge in [-0.05, 0) is 26.7 Å². The van der Waals surface area contributed by atoms with Crippen molar-refractivity contribution >= 4 is 17.2 Å². The molecular formula is C15H21N5OS. The first-order valence-electron chi connectivity index (χ1n) is 7.67. The average Bonchev–Trinajstić information content (AvgIpc) is 3.16. The largest absolute Gasteiger partial charge is 0.342 e. The highest BCUT2D eigenvalue weighted by atomic mass is 32.1. The van der Waals surface area contributed by atoms with Gasteiger partial charge in [0, 0.05) is 30.3 Å². The third kappa shape index (κ3) is 3.35. The molecule has 1 saturated heterocycles. The molecule has 0 aromatic carbocycles. The van der Waals surface area contributed by atoms with Crippen LogP contribution < -0.4 is 0 Å². The maximum absolute atomic E-state index is 12.4. The number of likely N-dealkylation sites (tertiary alicyclic amines) is 1. The zero-order valence-electron chi connectivity index (χ0n) is 13.0. The minimum Gasteiger partial charge on any atom is -0.342 e. The van der Waals surface area contributed by atoms with Crippen LogP contribution in [0.1, 0.15) is 40.8 Å². The van der Waals surface area contributed by atoms with Crippen LogP contribution in [0.25, 0.3) is 0 Å². The third-order valence-corrected chi connectivity index (χ3v) is 5.43. The molecule has 22 heavy (non-hydrogen) atoms. The van der Waals surface area contributed by atoms with Crippen LogP contribution in [-0.4, -0.2) is 43.6 Å². The molecule has 0 radical (unpaired) electrons. The van der Waals surface area contributed by atoms with Gasteiger partial charge < -0.3 is 4.90 Å². The Morgan fingerprint density at radius 2 is 2.32 bits per heavy atom. The second-order valence-electron chi connectivity index (χ2n) is 5.78. The number of carbonyl (C=O) groups excluding carboxylic acids is 1. The first kappa shape index (κ1) is 15.1. The van der Waals surface area contributed by atoms with Crippen LogP contribution in [0.4, 0.5) is 0 Å². The smallest absolute Gasteiger partial charge is 0.224 e. The molecule has 1 aliphatic heterocycles. The molecule has 2 aromatic heterocycles. The van der Waals surface area contributed by atoms with Gasteiger partial charge in [0.15, 0.2) is 0 Å². The predicted molar refractivity (Wildman–Crippen MR) is 84.8 cm³/mol. The summed E-state index contributed by atoms with van der Waals surface area (Å²) >= 11 is 1.77. The number of piperidine rings is 1. The van der Waals surface area contributed by atoms with Gasteiger partial charge in [-0.25, -0.2) is 9.97 Å². The summed E-state index contributed by atoms with van der Waals surface area (Å²) < 4.78 is 1.70. The second kappa shape index (κ2) is 6.56. The lowest BCUT2D eigenvalue weighted by molar-refractivity contribution is -0.132. The number of thiazole rings is 1. The van der Waals surface area contributed by atoms with Crippen LogP contribution in [0.3, 0.4) is 0 Å². The van der Waals surface area contributed by atoms with Crippen molar-refractivity contribution in [3.05, 3.63) is 28.2 Å². The van der Waals surface area contributed by atoms with E-state index >= 15 is 0 Å². The van der Waals surface area contributed by atoms with E-state index < -0.39 is 0 Å². The van der Waals surface area contributed by atoms with Gasteiger partial charge in [0.1, 0.15) is 12.7 Å². The van der Waals surface area contributed by atoms with Gasteiger partial charge in [0.05, 0.1) is 17.2 Å². The zero-order valence-corrected chi connectivity index (χ0v) is 13.8. The van der Waals surface area contributed by atoms with Gasteiger partial charge >= 0.3 is 0 Å². The van der Waals surface area contributed by atoms with Crippen LogP contribution >= 0.6 is 11.3 Å². The van der Waals surface area contributed by atoms with Crippen molar-refractivity contribution in [3.63, 3.8) is 0 Å². The summed E-state index contributed by atoms with van der Waals surface area (Å²) in [6.07, 6.45) is 5.80. The Labute approximate surface area is 134 Å². The number of amides is 1.